The number of aromatic nitrogens is 1. The Morgan fingerprint density at radius 2 is 1.87 bits per heavy atom. The smallest absolute Gasteiger partial charge is 0.256 e. The number of rotatable bonds is 4. The fourth-order valence-electron chi connectivity index (χ4n) is 2.77. The Hall–Kier alpha value is -1.94. The summed E-state index contributed by atoms with van der Waals surface area (Å²) >= 11 is 0. The lowest BCUT2D eigenvalue weighted by molar-refractivity contribution is -0.110. The van der Waals surface area contributed by atoms with Crippen LogP contribution in [0.4, 0.5) is 5.69 Å². The maximum Gasteiger partial charge on any atom is 0.256 e. The largest absolute Gasteiger partial charge is 0.359 e. The number of amides is 1. The Bertz CT molecular complexity index is 791. The maximum atomic E-state index is 12.3. The molecular formula is C17H19N2O3P. The third kappa shape index (κ3) is 2.95. The second-order valence-corrected chi connectivity index (χ2v) is 7.17. The van der Waals surface area contributed by atoms with E-state index in [1.807, 2.05) is 38.1 Å². The second-order valence-electron chi connectivity index (χ2n) is 5.41. The first kappa shape index (κ1) is 15.9. The van der Waals surface area contributed by atoms with Crippen LogP contribution in [0.1, 0.15) is 22.5 Å². The van der Waals surface area contributed by atoms with E-state index in [1.165, 1.54) is 0 Å². The third-order valence-corrected chi connectivity index (χ3v) is 5.17. The van der Waals surface area contributed by atoms with Gasteiger partial charge in [-0.05, 0) is 43.7 Å². The summed E-state index contributed by atoms with van der Waals surface area (Å²) in [6, 6.07) is 7.86. The van der Waals surface area contributed by atoms with Gasteiger partial charge in [-0.15, -0.1) is 0 Å². The molecule has 1 aliphatic rings. The number of hydrogen-bond donors (Lipinski definition) is 2. The lowest BCUT2D eigenvalue weighted by Crippen LogP contribution is -2.06. The first-order valence-electron chi connectivity index (χ1n) is 7.25. The number of fused-ring (bicyclic) bond motifs is 1. The third-order valence-electron chi connectivity index (χ3n) is 3.81. The zero-order chi connectivity index (χ0) is 16.6. The average Bonchev–Trinajstić information content (AvgIpc) is 3.00. The summed E-state index contributed by atoms with van der Waals surface area (Å²) in [6.45, 7) is 4.03. The van der Waals surface area contributed by atoms with Crippen molar-refractivity contribution < 1.29 is 13.8 Å². The van der Waals surface area contributed by atoms with Crippen molar-refractivity contribution in [3.63, 3.8) is 0 Å². The van der Waals surface area contributed by atoms with Crippen molar-refractivity contribution in [2.75, 3.05) is 19.5 Å². The summed E-state index contributed by atoms with van der Waals surface area (Å²) in [7, 11) is 2.11. The zero-order valence-electron chi connectivity index (χ0n) is 13.6. The van der Waals surface area contributed by atoms with Gasteiger partial charge in [0.2, 0.25) is 8.38 Å². The van der Waals surface area contributed by atoms with Crippen LogP contribution < -0.4 is 10.6 Å². The predicted molar refractivity (Wildman–Crippen MR) is 93.8 cm³/mol. The van der Waals surface area contributed by atoms with Gasteiger partial charge >= 0.3 is 0 Å². The van der Waals surface area contributed by atoms with Crippen LogP contribution in [0, 0.1) is 13.8 Å². The predicted octanol–water partition coefficient (Wildman–Crippen LogP) is 3.35. The van der Waals surface area contributed by atoms with Crippen LogP contribution in [0.3, 0.4) is 0 Å². The van der Waals surface area contributed by atoms with Crippen LogP contribution in [-0.2, 0) is 13.8 Å². The highest BCUT2D eigenvalue weighted by molar-refractivity contribution is 7.55. The number of hydrogen-bond acceptors (Lipinski definition) is 3. The molecule has 2 aromatic rings. The lowest BCUT2D eigenvalue weighted by atomic mass is 10.1. The van der Waals surface area contributed by atoms with Gasteiger partial charge in [-0.25, -0.2) is 0 Å². The lowest BCUT2D eigenvalue weighted by Gasteiger charge is -2.13. The number of aromatic amines is 1. The van der Waals surface area contributed by atoms with Crippen molar-refractivity contribution in [2.45, 2.75) is 13.8 Å². The van der Waals surface area contributed by atoms with Crippen molar-refractivity contribution in [3.05, 3.63) is 46.8 Å². The highest BCUT2D eigenvalue weighted by atomic mass is 31.2. The summed E-state index contributed by atoms with van der Waals surface area (Å²) in [5.41, 5.74) is 5.51. The van der Waals surface area contributed by atoms with Gasteiger partial charge in [0.05, 0.1) is 5.57 Å². The number of H-pyrrole nitrogens is 1. The molecular weight excluding hydrogens is 311 g/mol. The summed E-state index contributed by atoms with van der Waals surface area (Å²) in [4.78, 5) is 15.6. The Balaban J connectivity index is 2.01. The van der Waals surface area contributed by atoms with E-state index in [0.29, 0.717) is 5.57 Å². The van der Waals surface area contributed by atoms with Crippen LogP contribution in [-0.4, -0.2) is 25.1 Å². The van der Waals surface area contributed by atoms with E-state index in [9.17, 15) is 4.79 Å². The van der Waals surface area contributed by atoms with E-state index in [-0.39, 0.29) is 5.91 Å². The molecule has 1 aromatic heterocycles. The Labute approximate surface area is 136 Å². The molecule has 0 unspecified atom stereocenters. The molecule has 0 saturated heterocycles. The molecule has 1 aromatic carbocycles. The molecule has 1 aliphatic heterocycles. The van der Waals surface area contributed by atoms with E-state index >= 15 is 0 Å². The molecule has 0 radical (unpaired) electrons. The standard InChI is InChI=1S/C17H19N2O3P/c1-10-7-11(2)18-15(10)9-14-13-6-5-12(23(21-3)22-4)8-16(13)19-17(14)20/h5-9,18H,1-4H3,(H,19,20)/b14-9-. The number of carbonyl (C=O) groups excluding carboxylic acids is 1. The van der Waals surface area contributed by atoms with Crippen molar-refractivity contribution in [1.29, 1.82) is 0 Å². The van der Waals surface area contributed by atoms with E-state index in [0.717, 1.165) is 33.5 Å². The van der Waals surface area contributed by atoms with Crippen LogP contribution >= 0.6 is 8.38 Å². The quantitative estimate of drug-likeness (QED) is 0.667. The monoisotopic (exact) mass is 330 g/mol. The van der Waals surface area contributed by atoms with Gasteiger partial charge in [0.15, 0.2) is 0 Å². The van der Waals surface area contributed by atoms with E-state index < -0.39 is 8.38 Å². The molecule has 0 spiro atoms. The number of anilines is 1. The molecule has 3 rings (SSSR count). The molecule has 2 heterocycles. The summed E-state index contributed by atoms with van der Waals surface area (Å²) in [5, 5.41) is 3.84. The average molecular weight is 330 g/mol. The van der Waals surface area contributed by atoms with Crippen LogP contribution in [0.2, 0.25) is 0 Å². The molecule has 0 aliphatic carbocycles. The first-order valence-corrected chi connectivity index (χ1v) is 8.43. The van der Waals surface area contributed by atoms with Crippen molar-refractivity contribution in [2.24, 2.45) is 0 Å². The van der Waals surface area contributed by atoms with E-state index in [2.05, 4.69) is 16.4 Å². The van der Waals surface area contributed by atoms with E-state index in [1.54, 1.807) is 14.2 Å². The van der Waals surface area contributed by atoms with Gasteiger partial charge in [0, 0.05) is 42.2 Å². The number of aryl methyl sites for hydroxylation is 2. The van der Waals surface area contributed by atoms with Crippen molar-refractivity contribution >= 4 is 36.9 Å². The molecule has 0 atom stereocenters. The fraction of sp³-hybridized carbons (Fsp3) is 0.235. The summed E-state index contributed by atoms with van der Waals surface area (Å²) in [5.74, 6) is -0.0945. The number of benzene rings is 1. The Morgan fingerprint density at radius 3 is 2.48 bits per heavy atom. The topological polar surface area (TPSA) is 63.4 Å². The van der Waals surface area contributed by atoms with Gasteiger partial charge in [-0.1, -0.05) is 6.07 Å². The Morgan fingerprint density at radius 1 is 1.13 bits per heavy atom. The van der Waals surface area contributed by atoms with Gasteiger partial charge in [0.25, 0.3) is 5.91 Å². The van der Waals surface area contributed by atoms with Crippen LogP contribution in [0.5, 0.6) is 0 Å². The van der Waals surface area contributed by atoms with Gasteiger partial charge in [-0.2, -0.15) is 0 Å². The second kappa shape index (κ2) is 6.28. The molecule has 6 heteroatoms. The molecule has 0 fully saturated rings. The van der Waals surface area contributed by atoms with Crippen molar-refractivity contribution in [3.8, 4) is 0 Å². The molecule has 23 heavy (non-hydrogen) atoms. The SMILES string of the molecule is COP(OC)c1ccc2c(c1)NC(=O)/C2=C\c1[nH]c(C)cc1C. The molecule has 0 saturated carbocycles. The number of nitrogens with one attached hydrogen (secondary N) is 2. The van der Waals surface area contributed by atoms with Crippen molar-refractivity contribution in [1.82, 2.24) is 4.98 Å². The highest BCUT2D eigenvalue weighted by Crippen LogP contribution is 2.39. The normalized spacial score (nSPS) is 15.3. The molecule has 0 bridgehead atoms. The van der Waals surface area contributed by atoms with Gasteiger partial charge < -0.3 is 19.3 Å². The molecule has 120 valence electrons. The summed E-state index contributed by atoms with van der Waals surface area (Å²) < 4.78 is 10.6. The minimum atomic E-state index is -1.11. The van der Waals surface area contributed by atoms with Gasteiger partial charge in [-0.3, -0.25) is 4.79 Å². The first-order chi connectivity index (χ1) is 11.0. The molecule has 2 N–H and O–H groups in total. The minimum Gasteiger partial charge on any atom is -0.359 e. The highest BCUT2D eigenvalue weighted by Gasteiger charge is 2.26. The van der Waals surface area contributed by atoms with E-state index in [4.69, 9.17) is 9.05 Å². The van der Waals surface area contributed by atoms with Crippen LogP contribution in [0.25, 0.3) is 11.6 Å². The fourth-order valence-corrected chi connectivity index (χ4v) is 3.77. The molecule has 5 nitrogen and oxygen atoms in total. The zero-order valence-corrected chi connectivity index (χ0v) is 14.5. The maximum absolute atomic E-state index is 12.3. The minimum absolute atomic E-state index is 0.0945. The Kier molecular flexibility index (Phi) is 4.35. The molecule has 1 amide bonds. The number of carbonyl (C=O) groups is 1. The van der Waals surface area contributed by atoms with Gasteiger partial charge in [0.1, 0.15) is 0 Å². The summed E-state index contributed by atoms with van der Waals surface area (Å²) in [6.07, 6.45) is 1.90. The van der Waals surface area contributed by atoms with Crippen LogP contribution in [0.15, 0.2) is 24.3 Å².